The third-order valence-electron chi connectivity index (χ3n) is 2.42. The summed E-state index contributed by atoms with van der Waals surface area (Å²) in [5, 5.41) is 21.2. The van der Waals surface area contributed by atoms with Crippen LogP contribution in [-0.2, 0) is 4.79 Å². The second kappa shape index (κ2) is 7.25. The molecule has 0 saturated carbocycles. The van der Waals surface area contributed by atoms with Gasteiger partial charge in [0.1, 0.15) is 11.8 Å². The summed E-state index contributed by atoms with van der Waals surface area (Å²) in [4.78, 5) is 22.9. The number of thioether (sulfide) groups is 1. The molecule has 1 atom stereocenters. The Morgan fingerprint density at radius 1 is 1.47 bits per heavy atom. The summed E-state index contributed by atoms with van der Waals surface area (Å²) >= 11 is 7.22. The molecule has 1 aromatic rings. The molecule has 1 rings (SSSR count). The van der Waals surface area contributed by atoms with Gasteiger partial charge in [-0.25, -0.2) is 4.79 Å². The molecule has 3 N–H and O–H groups in total. The zero-order valence-electron chi connectivity index (χ0n) is 10.2. The molecule has 0 bridgehead atoms. The van der Waals surface area contributed by atoms with Crippen molar-refractivity contribution in [3.8, 4) is 5.75 Å². The Bertz CT molecular complexity index is 481. The highest BCUT2D eigenvalue weighted by Gasteiger charge is 2.21. The Hall–Kier alpha value is -1.40. The predicted octanol–water partition coefficient (Wildman–Crippen LogP) is 1.98. The minimum absolute atomic E-state index is 0.0390. The molecule has 19 heavy (non-hydrogen) atoms. The number of aliphatic carboxylic acids is 1. The number of rotatable bonds is 6. The molecule has 7 heteroatoms. The van der Waals surface area contributed by atoms with Crippen molar-refractivity contribution in [3.05, 3.63) is 28.8 Å². The molecular formula is C12H14ClNO4S. The maximum Gasteiger partial charge on any atom is 0.326 e. The summed E-state index contributed by atoms with van der Waals surface area (Å²) in [5.74, 6) is -1.40. The number of phenolic OH excluding ortho intramolecular Hbond substituents is 1. The SMILES string of the molecule is CSCC[C@@H](NC(=O)c1cc(Cl)ccc1O)C(=O)O. The number of hydrogen-bond donors (Lipinski definition) is 3. The Kier molecular flexibility index (Phi) is 5.98. The van der Waals surface area contributed by atoms with Crippen LogP contribution in [0, 0.1) is 0 Å². The fraction of sp³-hybridized carbons (Fsp3) is 0.333. The highest BCUT2D eigenvalue weighted by Crippen LogP contribution is 2.21. The summed E-state index contributed by atoms with van der Waals surface area (Å²) in [5.41, 5.74) is -0.0390. The van der Waals surface area contributed by atoms with Gasteiger partial charge in [-0.3, -0.25) is 4.79 Å². The summed E-state index contributed by atoms with van der Waals surface area (Å²) in [6, 6.07) is 3.03. The van der Waals surface area contributed by atoms with E-state index in [1.54, 1.807) is 0 Å². The first-order valence-electron chi connectivity index (χ1n) is 5.46. The second-order valence-corrected chi connectivity index (χ2v) is 5.23. The topological polar surface area (TPSA) is 86.6 Å². The fourth-order valence-corrected chi connectivity index (χ4v) is 2.06. The zero-order chi connectivity index (χ0) is 14.4. The predicted molar refractivity (Wildman–Crippen MR) is 75.0 cm³/mol. The van der Waals surface area contributed by atoms with Gasteiger partial charge in [-0.15, -0.1) is 0 Å². The molecule has 5 nitrogen and oxygen atoms in total. The summed E-state index contributed by atoms with van der Waals surface area (Å²) in [7, 11) is 0. The molecule has 0 saturated heterocycles. The van der Waals surface area contributed by atoms with Crippen LogP contribution in [0.1, 0.15) is 16.8 Å². The van der Waals surface area contributed by atoms with Crippen LogP contribution in [0.25, 0.3) is 0 Å². The van der Waals surface area contributed by atoms with E-state index in [-0.39, 0.29) is 11.3 Å². The molecule has 0 heterocycles. The molecule has 1 aromatic carbocycles. The molecule has 0 unspecified atom stereocenters. The maximum atomic E-state index is 11.9. The Balaban J connectivity index is 2.81. The number of carbonyl (C=O) groups is 2. The van der Waals surface area contributed by atoms with Gasteiger partial charge in [0.25, 0.3) is 5.91 Å². The number of benzene rings is 1. The van der Waals surface area contributed by atoms with Gasteiger partial charge in [-0.2, -0.15) is 11.8 Å². The molecule has 0 aliphatic heterocycles. The lowest BCUT2D eigenvalue weighted by molar-refractivity contribution is -0.139. The normalized spacial score (nSPS) is 11.9. The number of halogens is 1. The summed E-state index contributed by atoms with van der Waals surface area (Å²) in [6.07, 6.45) is 2.16. The number of carboxylic acids is 1. The van der Waals surface area contributed by atoms with Crippen LogP contribution < -0.4 is 5.32 Å². The Labute approximate surface area is 120 Å². The van der Waals surface area contributed by atoms with Crippen molar-refractivity contribution in [3.63, 3.8) is 0 Å². The van der Waals surface area contributed by atoms with Gasteiger partial charge in [-0.05, 0) is 36.6 Å². The van der Waals surface area contributed by atoms with E-state index in [1.807, 2.05) is 6.26 Å². The first-order chi connectivity index (χ1) is 8.95. The van der Waals surface area contributed by atoms with Crippen molar-refractivity contribution in [2.75, 3.05) is 12.0 Å². The summed E-state index contributed by atoms with van der Waals surface area (Å²) in [6.45, 7) is 0. The van der Waals surface area contributed by atoms with Gasteiger partial charge in [0, 0.05) is 5.02 Å². The molecule has 0 aliphatic rings. The van der Waals surface area contributed by atoms with Gasteiger partial charge >= 0.3 is 5.97 Å². The average molecular weight is 304 g/mol. The van der Waals surface area contributed by atoms with Gasteiger partial charge < -0.3 is 15.5 Å². The van der Waals surface area contributed by atoms with Crippen LogP contribution in [0.5, 0.6) is 5.75 Å². The standard InChI is InChI=1S/C12H14ClNO4S/c1-19-5-4-9(12(17)18)14-11(16)8-6-7(13)2-3-10(8)15/h2-3,6,9,15H,4-5H2,1H3,(H,14,16)(H,17,18)/t9-/m1/s1. The van der Waals surface area contributed by atoms with E-state index >= 15 is 0 Å². The van der Waals surface area contributed by atoms with Crippen LogP contribution in [0.2, 0.25) is 5.02 Å². The lowest BCUT2D eigenvalue weighted by Crippen LogP contribution is -2.41. The van der Waals surface area contributed by atoms with Crippen LogP contribution in [-0.4, -0.2) is 40.1 Å². The largest absolute Gasteiger partial charge is 0.507 e. The van der Waals surface area contributed by atoms with E-state index in [0.29, 0.717) is 17.2 Å². The molecule has 0 aliphatic carbocycles. The van der Waals surface area contributed by atoms with Gasteiger partial charge in [0.15, 0.2) is 0 Å². The van der Waals surface area contributed by atoms with Crippen molar-refractivity contribution in [2.24, 2.45) is 0 Å². The molecular weight excluding hydrogens is 290 g/mol. The van der Waals surface area contributed by atoms with Crippen LogP contribution in [0.15, 0.2) is 18.2 Å². The molecule has 104 valence electrons. The first kappa shape index (κ1) is 15.7. The number of carbonyl (C=O) groups excluding carboxylic acids is 1. The smallest absolute Gasteiger partial charge is 0.326 e. The monoisotopic (exact) mass is 303 g/mol. The molecule has 0 spiro atoms. The van der Waals surface area contributed by atoms with E-state index in [4.69, 9.17) is 16.7 Å². The number of aromatic hydroxyl groups is 1. The highest BCUT2D eigenvalue weighted by atomic mass is 35.5. The van der Waals surface area contributed by atoms with Gasteiger partial charge in [-0.1, -0.05) is 11.6 Å². The van der Waals surface area contributed by atoms with Crippen LogP contribution >= 0.6 is 23.4 Å². The van der Waals surface area contributed by atoms with E-state index in [2.05, 4.69) is 5.32 Å². The van der Waals surface area contributed by atoms with E-state index in [0.717, 1.165) is 0 Å². The fourth-order valence-electron chi connectivity index (χ4n) is 1.42. The van der Waals surface area contributed by atoms with Gasteiger partial charge in [0.2, 0.25) is 0 Å². The Morgan fingerprint density at radius 2 is 2.16 bits per heavy atom. The van der Waals surface area contributed by atoms with Crippen LogP contribution in [0.3, 0.4) is 0 Å². The molecule has 0 radical (unpaired) electrons. The lowest BCUT2D eigenvalue weighted by atomic mass is 10.1. The van der Waals surface area contributed by atoms with E-state index in [9.17, 15) is 14.7 Å². The first-order valence-corrected chi connectivity index (χ1v) is 7.24. The van der Waals surface area contributed by atoms with Crippen molar-refractivity contribution >= 4 is 35.2 Å². The molecule has 1 amide bonds. The summed E-state index contributed by atoms with van der Waals surface area (Å²) < 4.78 is 0. The third kappa shape index (κ3) is 4.65. The Morgan fingerprint density at radius 3 is 2.74 bits per heavy atom. The van der Waals surface area contributed by atoms with Crippen molar-refractivity contribution in [2.45, 2.75) is 12.5 Å². The number of carboxylic acid groups (broad SMARTS) is 1. The molecule has 0 fully saturated rings. The molecule has 0 aromatic heterocycles. The zero-order valence-corrected chi connectivity index (χ0v) is 11.8. The lowest BCUT2D eigenvalue weighted by Gasteiger charge is -2.14. The van der Waals surface area contributed by atoms with E-state index in [1.165, 1.54) is 30.0 Å². The minimum Gasteiger partial charge on any atom is -0.507 e. The van der Waals surface area contributed by atoms with Gasteiger partial charge in [0.05, 0.1) is 5.56 Å². The second-order valence-electron chi connectivity index (χ2n) is 3.81. The van der Waals surface area contributed by atoms with Crippen molar-refractivity contribution in [1.29, 1.82) is 0 Å². The average Bonchev–Trinajstić information content (AvgIpc) is 2.36. The van der Waals surface area contributed by atoms with Crippen LogP contribution in [0.4, 0.5) is 0 Å². The number of nitrogens with one attached hydrogen (secondary N) is 1. The number of hydrogen-bond acceptors (Lipinski definition) is 4. The van der Waals surface area contributed by atoms with Crippen molar-refractivity contribution in [1.82, 2.24) is 5.32 Å². The third-order valence-corrected chi connectivity index (χ3v) is 3.30. The number of amides is 1. The minimum atomic E-state index is -1.11. The quantitative estimate of drug-likeness (QED) is 0.748. The number of phenols is 1. The van der Waals surface area contributed by atoms with Crippen molar-refractivity contribution < 1.29 is 19.8 Å². The highest BCUT2D eigenvalue weighted by molar-refractivity contribution is 7.98. The maximum absolute atomic E-state index is 11.9. The van der Waals surface area contributed by atoms with E-state index < -0.39 is 17.9 Å².